The molecule has 1 N–H and O–H groups in total. The second-order valence-corrected chi connectivity index (χ2v) is 8.58. The fourth-order valence-electron chi connectivity index (χ4n) is 4.67. The van der Waals surface area contributed by atoms with E-state index in [1.165, 1.54) is 6.07 Å². The molecule has 2 atom stereocenters. The SMILES string of the molecule is Cc1cc(C2C(c3ccccn3)NC(=S)N2Cc2ccccn2)c(C)n1-c1ccccc1F. The Labute approximate surface area is 197 Å². The smallest absolute Gasteiger partial charge is 0.170 e. The summed E-state index contributed by atoms with van der Waals surface area (Å²) in [4.78, 5) is 11.3. The predicted octanol–water partition coefficient (Wildman–Crippen LogP) is 5.20. The van der Waals surface area contributed by atoms with Crippen molar-refractivity contribution in [2.45, 2.75) is 32.5 Å². The average Bonchev–Trinajstić information content (AvgIpc) is 3.30. The molecule has 4 aromatic rings. The van der Waals surface area contributed by atoms with E-state index in [0.29, 0.717) is 17.3 Å². The van der Waals surface area contributed by atoms with Crippen molar-refractivity contribution in [3.8, 4) is 5.69 Å². The quantitative estimate of drug-likeness (QED) is 0.418. The molecule has 2 unspecified atom stereocenters. The van der Waals surface area contributed by atoms with Crippen LogP contribution < -0.4 is 5.32 Å². The standard InChI is InChI=1S/C26H24FN5S/c1-17-15-20(18(2)32(17)23-12-4-3-10-21(23)27)25-24(22-11-6-8-14-29-22)30-26(33)31(25)16-19-9-5-7-13-28-19/h3-15,24-25H,16H2,1-2H3,(H,30,33). The van der Waals surface area contributed by atoms with Crippen molar-refractivity contribution in [1.82, 2.24) is 24.8 Å². The van der Waals surface area contributed by atoms with Gasteiger partial charge < -0.3 is 14.8 Å². The molecule has 1 aromatic carbocycles. The van der Waals surface area contributed by atoms with Crippen LogP contribution in [0.5, 0.6) is 0 Å². The minimum absolute atomic E-state index is 0.124. The number of para-hydroxylation sites is 1. The molecule has 5 rings (SSSR count). The first-order valence-corrected chi connectivity index (χ1v) is 11.3. The van der Waals surface area contributed by atoms with Gasteiger partial charge in [-0.3, -0.25) is 9.97 Å². The van der Waals surface area contributed by atoms with Gasteiger partial charge in [0.2, 0.25) is 0 Å². The van der Waals surface area contributed by atoms with E-state index < -0.39 is 0 Å². The van der Waals surface area contributed by atoms with Gasteiger partial charge in [0.05, 0.1) is 35.7 Å². The predicted molar refractivity (Wildman–Crippen MR) is 130 cm³/mol. The van der Waals surface area contributed by atoms with E-state index in [1.807, 2.05) is 60.9 Å². The van der Waals surface area contributed by atoms with Crippen molar-refractivity contribution >= 4 is 17.3 Å². The zero-order valence-electron chi connectivity index (χ0n) is 18.4. The minimum Gasteiger partial charge on any atom is -0.352 e. The van der Waals surface area contributed by atoms with Crippen LogP contribution in [0.2, 0.25) is 0 Å². The van der Waals surface area contributed by atoms with E-state index in [4.69, 9.17) is 12.2 Å². The monoisotopic (exact) mass is 457 g/mol. The van der Waals surface area contributed by atoms with Crippen molar-refractivity contribution in [3.63, 3.8) is 0 Å². The third-order valence-corrected chi connectivity index (χ3v) is 6.49. The molecule has 1 saturated heterocycles. The van der Waals surface area contributed by atoms with E-state index in [9.17, 15) is 4.39 Å². The Morgan fingerprint density at radius 3 is 2.39 bits per heavy atom. The molecule has 166 valence electrons. The number of hydrogen-bond donors (Lipinski definition) is 1. The summed E-state index contributed by atoms with van der Waals surface area (Å²) < 4.78 is 16.7. The average molecular weight is 458 g/mol. The molecule has 0 bridgehead atoms. The molecule has 0 radical (unpaired) electrons. The van der Waals surface area contributed by atoms with Crippen molar-refractivity contribution in [2.24, 2.45) is 0 Å². The van der Waals surface area contributed by atoms with Gasteiger partial charge in [-0.1, -0.05) is 24.3 Å². The largest absolute Gasteiger partial charge is 0.352 e. The van der Waals surface area contributed by atoms with Gasteiger partial charge in [0.1, 0.15) is 5.82 Å². The van der Waals surface area contributed by atoms with Crippen LogP contribution in [0.25, 0.3) is 5.69 Å². The Morgan fingerprint density at radius 2 is 1.70 bits per heavy atom. The number of thiocarbonyl (C=S) groups is 1. The van der Waals surface area contributed by atoms with E-state index in [-0.39, 0.29) is 17.9 Å². The molecule has 3 aromatic heterocycles. The van der Waals surface area contributed by atoms with Crippen molar-refractivity contribution in [3.05, 3.63) is 113 Å². The maximum atomic E-state index is 14.7. The normalized spacial score (nSPS) is 17.9. The van der Waals surface area contributed by atoms with Gasteiger partial charge in [-0.05, 0) is 74.1 Å². The summed E-state index contributed by atoms with van der Waals surface area (Å²) in [5.74, 6) is -0.252. The molecule has 0 saturated carbocycles. The first-order chi connectivity index (χ1) is 16.0. The lowest BCUT2D eigenvalue weighted by Crippen LogP contribution is -2.29. The molecule has 0 aliphatic carbocycles. The summed E-state index contributed by atoms with van der Waals surface area (Å²) >= 11 is 5.78. The molecule has 5 nitrogen and oxygen atoms in total. The summed E-state index contributed by atoms with van der Waals surface area (Å²) in [6.07, 6.45) is 3.58. The zero-order valence-corrected chi connectivity index (χ0v) is 19.3. The molecule has 1 aliphatic rings. The molecule has 0 amide bonds. The number of pyridine rings is 2. The van der Waals surface area contributed by atoms with Gasteiger partial charge in [-0.2, -0.15) is 0 Å². The van der Waals surface area contributed by atoms with Crippen LogP contribution in [0.1, 0.15) is 40.4 Å². The topological polar surface area (TPSA) is 46.0 Å². The number of benzene rings is 1. The Hall–Kier alpha value is -3.58. The van der Waals surface area contributed by atoms with Crippen LogP contribution in [0.4, 0.5) is 4.39 Å². The van der Waals surface area contributed by atoms with Crippen LogP contribution in [0.15, 0.2) is 79.1 Å². The van der Waals surface area contributed by atoms with Crippen molar-refractivity contribution in [2.75, 3.05) is 0 Å². The summed E-state index contributed by atoms with van der Waals surface area (Å²) in [5, 5.41) is 4.13. The highest BCUT2D eigenvalue weighted by Gasteiger charge is 2.41. The molecular weight excluding hydrogens is 433 g/mol. The minimum atomic E-state index is -0.252. The highest BCUT2D eigenvalue weighted by molar-refractivity contribution is 7.80. The summed E-state index contributed by atoms with van der Waals surface area (Å²) in [6.45, 7) is 4.59. The lowest BCUT2D eigenvalue weighted by molar-refractivity contribution is 0.307. The van der Waals surface area contributed by atoms with Crippen LogP contribution >= 0.6 is 12.2 Å². The van der Waals surface area contributed by atoms with Crippen molar-refractivity contribution in [1.29, 1.82) is 0 Å². The van der Waals surface area contributed by atoms with Gasteiger partial charge in [0, 0.05) is 23.8 Å². The highest BCUT2D eigenvalue weighted by Crippen LogP contribution is 2.42. The molecule has 4 heterocycles. The maximum Gasteiger partial charge on any atom is 0.170 e. The summed E-state index contributed by atoms with van der Waals surface area (Å²) in [6, 6.07) is 20.5. The highest BCUT2D eigenvalue weighted by atomic mass is 32.1. The third kappa shape index (κ3) is 3.89. The van der Waals surface area contributed by atoms with Gasteiger partial charge in [-0.15, -0.1) is 0 Å². The van der Waals surface area contributed by atoms with E-state index >= 15 is 0 Å². The first kappa shape index (κ1) is 21.3. The molecule has 0 spiro atoms. The molecule has 1 aliphatic heterocycles. The number of rotatable bonds is 5. The zero-order chi connectivity index (χ0) is 22.9. The maximum absolute atomic E-state index is 14.7. The lowest BCUT2D eigenvalue weighted by atomic mass is 9.96. The van der Waals surface area contributed by atoms with E-state index in [2.05, 4.69) is 26.3 Å². The third-order valence-electron chi connectivity index (χ3n) is 6.14. The Kier molecular flexibility index (Phi) is 5.64. The Morgan fingerprint density at radius 1 is 0.970 bits per heavy atom. The first-order valence-electron chi connectivity index (χ1n) is 10.9. The number of halogens is 1. The van der Waals surface area contributed by atoms with E-state index in [1.54, 1.807) is 24.5 Å². The fraction of sp³-hybridized carbons (Fsp3) is 0.192. The Bertz CT molecular complexity index is 1290. The van der Waals surface area contributed by atoms with Gasteiger partial charge in [-0.25, -0.2) is 4.39 Å². The van der Waals surface area contributed by atoms with E-state index in [0.717, 1.165) is 28.3 Å². The van der Waals surface area contributed by atoms with Crippen LogP contribution in [-0.4, -0.2) is 24.5 Å². The van der Waals surface area contributed by atoms with Crippen molar-refractivity contribution < 1.29 is 4.39 Å². The number of nitrogens with one attached hydrogen (secondary N) is 1. The number of aryl methyl sites for hydroxylation is 1. The number of aromatic nitrogens is 3. The Balaban J connectivity index is 1.63. The molecule has 7 heteroatoms. The lowest BCUT2D eigenvalue weighted by Gasteiger charge is -2.28. The summed E-state index contributed by atoms with van der Waals surface area (Å²) in [7, 11) is 0. The molecule has 33 heavy (non-hydrogen) atoms. The van der Waals surface area contributed by atoms with Gasteiger partial charge >= 0.3 is 0 Å². The molecule has 1 fully saturated rings. The second kappa shape index (κ2) is 8.75. The fourth-order valence-corrected chi connectivity index (χ4v) is 4.98. The number of nitrogens with zero attached hydrogens (tertiary/aromatic N) is 4. The van der Waals surface area contributed by atoms with Crippen LogP contribution in [-0.2, 0) is 6.54 Å². The van der Waals surface area contributed by atoms with Gasteiger partial charge in [0.15, 0.2) is 5.11 Å². The molecular formula is C26H24FN5S. The summed E-state index contributed by atoms with van der Waals surface area (Å²) in [5.41, 5.74) is 5.39. The van der Waals surface area contributed by atoms with Crippen LogP contribution in [0.3, 0.4) is 0 Å². The number of hydrogen-bond acceptors (Lipinski definition) is 3. The van der Waals surface area contributed by atoms with Gasteiger partial charge in [0.25, 0.3) is 0 Å². The van der Waals surface area contributed by atoms with Crippen LogP contribution in [0, 0.1) is 19.7 Å². The second-order valence-electron chi connectivity index (χ2n) is 8.19.